The SMILES string of the molecule is COc1cc(CN2CCC(C)(CN)C2)ccc1OCC(=O)N1CCCC1.Cl. The summed E-state index contributed by atoms with van der Waals surface area (Å²) < 4.78 is 11.2. The third kappa shape index (κ3) is 5.50. The molecule has 2 N–H and O–H groups in total. The zero-order valence-electron chi connectivity index (χ0n) is 16.4. The van der Waals surface area contributed by atoms with E-state index in [-0.39, 0.29) is 30.3 Å². The zero-order chi connectivity index (χ0) is 18.6. The lowest BCUT2D eigenvalue weighted by Crippen LogP contribution is -2.32. The fraction of sp³-hybridized carbons (Fsp3) is 0.650. The Kier molecular flexibility index (Phi) is 7.77. The molecule has 1 unspecified atom stereocenters. The van der Waals surface area contributed by atoms with Gasteiger partial charge in [-0.25, -0.2) is 0 Å². The number of hydrogen-bond acceptors (Lipinski definition) is 5. The van der Waals surface area contributed by atoms with Gasteiger partial charge in [0, 0.05) is 26.2 Å². The molecule has 1 aromatic rings. The van der Waals surface area contributed by atoms with Crippen LogP contribution in [0, 0.1) is 5.41 Å². The maximum absolute atomic E-state index is 12.1. The molecule has 1 aromatic carbocycles. The normalized spacial score (nSPS) is 22.6. The van der Waals surface area contributed by atoms with Gasteiger partial charge < -0.3 is 20.1 Å². The molecule has 2 aliphatic heterocycles. The van der Waals surface area contributed by atoms with E-state index in [1.54, 1.807) is 7.11 Å². The van der Waals surface area contributed by atoms with Crippen LogP contribution < -0.4 is 15.2 Å². The summed E-state index contributed by atoms with van der Waals surface area (Å²) in [6.45, 7) is 7.70. The Morgan fingerprint density at radius 3 is 2.59 bits per heavy atom. The lowest BCUT2D eigenvalue weighted by atomic mass is 9.90. The quantitative estimate of drug-likeness (QED) is 0.764. The van der Waals surface area contributed by atoms with Gasteiger partial charge in [-0.3, -0.25) is 9.69 Å². The molecule has 0 saturated carbocycles. The van der Waals surface area contributed by atoms with Crippen LogP contribution in [0.4, 0.5) is 0 Å². The van der Waals surface area contributed by atoms with Crippen molar-refractivity contribution in [3.63, 3.8) is 0 Å². The monoisotopic (exact) mass is 397 g/mol. The van der Waals surface area contributed by atoms with Gasteiger partial charge in [-0.1, -0.05) is 13.0 Å². The minimum absolute atomic E-state index is 0. The first kappa shape index (κ1) is 21.8. The summed E-state index contributed by atoms with van der Waals surface area (Å²) in [5.41, 5.74) is 7.30. The van der Waals surface area contributed by atoms with E-state index in [1.165, 1.54) is 5.56 Å². The van der Waals surface area contributed by atoms with Crippen molar-refractivity contribution in [1.82, 2.24) is 9.80 Å². The molecule has 0 aliphatic carbocycles. The van der Waals surface area contributed by atoms with Crippen LogP contribution in [0.5, 0.6) is 11.5 Å². The third-order valence-corrected chi connectivity index (χ3v) is 5.57. The van der Waals surface area contributed by atoms with Crippen LogP contribution >= 0.6 is 12.4 Å². The smallest absolute Gasteiger partial charge is 0.260 e. The van der Waals surface area contributed by atoms with Crippen LogP contribution in [0.25, 0.3) is 0 Å². The van der Waals surface area contributed by atoms with E-state index < -0.39 is 0 Å². The van der Waals surface area contributed by atoms with Crippen molar-refractivity contribution in [2.24, 2.45) is 11.1 Å². The van der Waals surface area contributed by atoms with Crippen molar-refractivity contribution >= 4 is 18.3 Å². The average Bonchev–Trinajstić information content (AvgIpc) is 3.31. The third-order valence-electron chi connectivity index (χ3n) is 5.57. The minimum Gasteiger partial charge on any atom is -0.493 e. The Hall–Kier alpha value is -1.50. The summed E-state index contributed by atoms with van der Waals surface area (Å²) in [7, 11) is 1.63. The van der Waals surface area contributed by atoms with Crippen LogP contribution in [0.3, 0.4) is 0 Å². The number of nitrogens with zero attached hydrogens (tertiary/aromatic N) is 2. The van der Waals surface area contributed by atoms with Crippen LogP contribution in [-0.2, 0) is 11.3 Å². The molecule has 0 aromatic heterocycles. The second kappa shape index (κ2) is 9.62. The van der Waals surface area contributed by atoms with Gasteiger partial charge >= 0.3 is 0 Å². The molecule has 7 heteroatoms. The lowest BCUT2D eigenvalue weighted by molar-refractivity contribution is -0.132. The average molecular weight is 398 g/mol. The second-order valence-electron chi connectivity index (χ2n) is 7.84. The number of ether oxygens (including phenoxy) is 2. The van der Waals surface area contributed by atoms with Gasteiger partial charge in [-0.15, -0.1) is 12.4 Å². The highest BCUT2D eigenvalue weighted by atomic mass is 35.5. The fourth-order valence-electron chi connectivity index (χ4n) is 3.81. The topological polar surface area (TPSA) is 68.0 Å². The van der Waals surface area contributed by atoms with Crippen LogP contribution in [-0.4, -0.2) is 62.1 Å². The highest BCUT2D eigenvalue weighted by Gasteiger charge is 2.32. The standard InChI is InChI=1S/C20H31N3O3.ClH/c1-20(14-21)7-10-22(15-20)12-16-5-6-17(18(11-16)25-2)26-13-19(24)23-8-3-4-9-23;/h5-6,11H,3-4,7-10,12-15,21H2,1-2H3;1H. The van der Waals surface area contributed by atoms with Gasteiger partial charge in [0.15, 0.2) is 18.1 Å². The molecule has 0 bridgehead atoms. The van der Waals surface area contributed by atoms with E-state index >= 15 is 0 Å². The summed E-state index contributed by atoms with van der Waals surface area (Å²) in [5.74, 6) is 1.35. The minimum atomic E-state index is 0. The number of rotatable bonds is 7. The largest absolute Gasteiger partial charge is 0.493 e. The van der Waals surface area contributed by atoms with E-state index in [1.807, 2.05) is 17.0 Å². The number of carbonyl (C=O) groups excluding carboxylic acids is 1. The molecule has 0 spiro atoms. The first-order valence-corrected chi connectivity index (χ1v) is 9.53. The van der Waals surface area contributed by atoms with Crippen molar-refractivity contribution in [2.45, 2.75) is 32.7 Å². The molecule has 27 heavy (non-hydrogen) atoms. The molecule has 0 radical (unpaired) electrons. The molecule has 6 nitrogen and oxygen atoms in total. The maximum Gasteiger partial charge on any atom is 0.260 e. The zero-order valence-corrected chi connectivity index (χ0v) is 17.2. The van der Waals surface area contributed by atoms with E-state index in [9.17, 15) is 4.79 Å². The van der Waals surface area contributed by atoms with Crippen LogP contribution in [0.2, 0.25) is 0 Å². The summed E-state index contributed by atoms with van der Waals surface area (Å²) >= 11 is 0. The van der Waals surface area contributed by atoms with Crippen LogP contribution in [0.15, 0.2) is 18.2 Å². The highest BCUT2D eigenvalue weighted by Crippen LogP contribution is 2.32. The first-order chi connectivity index (χ1) is 12.5. The molecule has 1 atom stereocenters. The first-order valence-electron chi connectivity index (χ1n) is 9.53. The van der Waals surface area contributed by atoms with Crippen molar-refractivity contribution in [3.8, 4) is 11.5 Å². The molecular weight excluding hydrogens is 366 g/mol. The van der Waals surface area contributed by atoms with Gasteiger partial charge in [0.05, 0.1) is 7.11 Å². The fourth-order valence-corrected chi connectivity index (χ4v) is 3.81. The number of hydrogen-bond donors (Lipinski definition) is 1. The van der Waals surface area contributed by atoms with Gasteiger partial charge in [-0.05, 0) is 55.5 Å². The number of nitrogens with two attached hydrogens (primary N) is 1. The predicted molar refractivity (Wildman–Crippen MR) is 109 cm³/mol. The van der Waals surface area contributed by atoms with Gasteiger partial charge in [0.1, 0.15) is 0 Å². The number of methoxy groups -OCH3 is 1. The highest BCUT2D eigenvalue weighted by molar-refractivity contribution is 5.85. The van der Waals surface area contributed by atoms with E-state index in [0.29, 0.717) is 11.5 Å². The number of benzene rings is 1. The van der Waals surface area contributed by atoms with E-state index in [2.05, 4.69) is 17.9 Å². The summed E-state index contributed by atoms with van der Waals surface area (Å²) in [6.07, 6.45) is 3.31. The number of halogens is 1. The van der Waals surface area contributed by atoms with Crippen molar-refractivity contribution in [2.75, 3.05) is 46.4 Å². The Labute approximate surface area is 168 Å². The molecule has 2 fully saturated rings. The van der Waals surface area contributed by atoms with Crippen LogP contribution in [0.1, 0.15) is 31.7 Å². The predicted octanol–water partition coefficient (Wildman–Crippen LogP) is 2.29. The lowest BCUT2D eigenvalue weighted by Gasteiger charge is -2.23. The van der Waals surface area contributed by atoms with Crippen molar-refractivity contribution in [3.05, 3.63) is 23.8 Å². The molecule has 2 saturated heterocycles. The Morgan fingerprint density at radius 1 is 1.22 bits per heavy atom. The Morgan fingerprint density at radius 2 is 1.96 bits per heavy atom. The molecule has 152 valence electrons. The molecule has 2 heterocycles. The van der Waals surface area contributed by atoms with Gasteiger partial charge in [0.2, 0.25) is 0 Å². The summed E-state index contributed by atoms with van der Waals surface area (Å²) in [6, 6.07) is 5.97. The van der Waals surface area contributed by atoms with E-state index in [0.717, 1.165) is 58.5 Å². The molecule has 2 aliphatic rings. The van der Waals surface area contributed by atoms with E-state index in [4.69, 9.17) is 15.2 Å². The van der Waals surface area contributed by atoms with Crippen molar-refractivity contribution < 1.29 is 14.3 Å². The maximum atomic E-state index is 12.1. The molecule has 1 amide bonds. The Bertz CT molecular complexity index is 637. The van der Waals surface area contributed by atoms with Crippen molar-refractivity contribution in [1.29, 1.82) is 0 Å². The van der Waals surface area contributed by atoms with Gasteiger partial charge in [0.25, 0.3) is 5.91 Å². The number of amides is 1. The molecular formula is C20H32ClN3O3. The second-order valence-corrected chi connectivity index (χ2v) is 7.84. The number of likely N-dealkylation sites (tertiary alicyclic amines) is 2. The summed E-state index contributed by atoms with van der Waals surface area (Å²) in [4.78, 5) is 16.4. The summed E-state index contributed by atoms with van der Waals surface area (Å²) in [5, 5.41) is 0. The van der Waals surface area contributed by atoms with Gasteiger partial charge in [-0.2, -0.15) is 0 Å². The number of carbonyl (C=O) groups is 1. The Balaban J connectivity index is 0.00000261. The molecule has 3 rings (SSSR count).